The summed E-state index contributed by atoms with van der Waals surface area (Å²) in [6.45, 7) is 8.79. The molecule has 3 aromatic rings. The van der Waals surface area contributed by atoms with Crippen LogP contribution in [0.5, 0.6) is 5.75 Å². The molecule has 5 aliphatic rings. The van der Waals surface area contributed by atoms with Crippen LogP contribution in [0.3, 0.4) is 0 Å². The van der Waals surface area contributed by atoms with Crippen molar-refractivity contribution in [2.75, 3.05) is 63.8 Å². The number of allylic oxidation sites excluding steroid dienone is 1. The Kier molecular flexibility index (Phi) is 13.1. The van der Waals surface area contributed by atoms with E-state index in [-0.39, 0.29) is 28.9 Å². The van der Waals surface area contributed by atoms with Gasteiger partial charge in [0.2, 0.25) is 17.7 Å². The number of para-hydroxylation sites is 2. The number of anilines is 1. The van der Waals surface area contributed by atoms with E-state index in [9.17, 15) is 19.5 Å². The molecule has 308 valence electrons. The van der Waals surface area contributed by atoms with Crippen LogP contribution < -0.4 is 21.7 Å². The smallest absolute Gasteiger partial charge is 0.233 e. The molecule has 0 unspecified atom stereocenters. The lowest BCUT2D eigenvalue weighted by molar-refractivity contribution is -0.147. The van der Waals surface area contributed by atoms with Crippen LogP contribution in [0.2, 0.25) is 0 Å². The number of piperidine rings is 4. The van der Waals surface area contributed by atoms with Crippen molar-refractivity contribution in [2.45, 2.75) is 69.6 Å². The molecule has 0 radical (unpaired) electrons. The standard InChI is InChI=1S/C42H54N6O2.C5H7NO2/c43-29-36(28-38(44)37-14-7-8-15-39(37)49)47-26-20-42(21-27-47,34-10-3-1-4-11-34)40(50)48-22-9-19-41(32-48)30-45(31-41)23-16-33-17-24-46(25-18-33)35-12-5-2-6-13-35;7-4-2-1-3-5(8)6-4/h1-8,10-15,28-29,33,49H,9,16-27,30-32,43-44H2;1-3H2,(H,6,7,8)/b36-29+,38-28-;. The molecule has 5 saturated heterocycles. The molecule has 8 rings (SSSR count). The van der Waals surface area contributed by atoms with Crippen molar-refractivity contribution >= 4 is 29.1 Å². The highest BCUT2D eigenvalue weighted by Gasteiger charge is 2.51. The Morgan fingerprint density at radius 2 is 1.41 bits per heavy atom. The Bertz CT molecular complexity index is 1910. The van der Waals surface area contributed by atoms with Gasteiger partial charge in [-0.25, -0.2) is 0 Å². The number of hydrogen-bond acceptors (Lipinski definition) is 9. The van der Waals surface area contributed by atoms with Gasteiger partial charge in [0.05, 0.1) is 11.1 Å². The van der Waals surface area contributed by atoms with Crippen LogP contribution in [0.15, 0.2) is 103 Å². The Morgan fingerprint density at radius 3 is 2.03 bits per heavy atom. The highest BCUT2D eigenvalue weighted by molar-refractivity contribution is 5.97. The van der Waals surface area contributed by atoms with E-state index >= 15 is 0 Å². The molecule has 5 aliphatic heterocycles. The zero-order chi connectivity index (χ0) is 40.5. The quantitative estimate of drug-likeness (QED) is 0.162. The summed E-state index contributed by atoms with van der Waals surface area (Å²) < 4.78 is 0. The first-order valence-corrected chi connectivity index (χ1v) is 21.3. The highest BCUT2D eigenvalue weighted by atomic mass is 16.3. The lowest BCUT2D eigenvalue weighted by Crippen LogP contribution is -2.65. The molecule has 3 amide bonds. The van der Waals surface area contributed by atoms with Crippen molar-refractivity contribution < 1.29 is 19.5 Å². The van der Waals surface area contributed by atoms with Gasteiger partial charge >= 0.3 is 0 Å². The molecule has 11 heteroatoms. The monoisotopic (exact) mass is 787 g/mol. The number of rotatable bonds is 9. The molecule has 1 spiro atoms. The molecule has 6 N–H and O–H groups in total. The largest absolute Gasteiger partial charge is 0.507 e. The van der Waals surface area contributed by atoms with E-state index < -0.39 is 5.41 Å². The van der Waals surface area contributed by atoms with E-state index in [4.69, 9.17) is 11.5 Å². The molecular weight excluding hydrogens is 727 g/mol. The van der Waals surface area contributed by atoms with Gasteiger partial charge in [-0.1, -0.05) is 60.7 Å². The summed E-state index contributed by atoms with van der Waals surface area (Å²) in [5, 5.41) is 12.5. The normalized spacial score (nSPS) is 21.5. The maximum Gasteiger partial charge on any atom is 0.233 e. The summed E-state index contributed by atoms with van der Waals surface area (Å²) in [7, 11) is 0. The number of phenolic OH excluding ortho intramolecular Hbond substituents is 1. The van der Waals surface area contributed by atoms with E-state index in [2.05, 4.69) is 79.5 Å². The number of carbonyl (C=O) groups is 3. The molecule has 0 bridgehead atoms. The predicted octanol–water partition coefficient (Wildman–Crippen LogP) is 5.57. The first-order valence-electron chi connectivity index (χ1n) is 21.3. The van der Waals surface area contributed by atoms with E-state index in [1.54, 1.807) is 24.4 Å². The van der Waals surface area contributed by atoms with Crippen molar-refractivity contribution in [3.05, 3.63) is 114 Å². The van der Waals surface area contributed by atoms with Crippen LogP contribution in [0, 0.1) is 11.3 Å². The second kappa shape index (κ2) is 18.5. The van der Waals surface area contributed by atoms with Crippen LogP contribution in [-0.2, 0) is 19.8 Å². The Morgan fingerprint density at radius 1 is 0.776 bits per heavy atom. The highest BCUT2D eigenvalue weighted by Crippen LogP contribution is 2.44. The fraction of sp³-hybridized carbons (Fsp3) is 0.468. The maximum atomic E-state index is 14.8. The average molecular weight is 788 g/mol. The summed E-state index contributed by atoms with van der Waals surface area (Å²) in [5.41, 5.74) is 16.5. The Labute approximate surface area is 343 Å². The topological polar surface area (TPSA) is 148 Å². The molecular formula is C47H61N7O4. The van der Waals surface area contributed by atoms with Crippen LogP contribution in [0.4, 0.5) is 5.69 Å². The van der Waals surface area contributed by atoms with Crippen LogP contribution in [0.1, 0.15) is 75.3 Å². The molecule has 3 aromatic carbocycles. The van der Waals surface area contributed by atoms with Gasteiger partial charge in [0.1, 0.15) is 5.75 Å². The van der Waals surface area contributed by atoms with Crippen LogP contribution in [0.25, 0.3) is 5.70 Å². The second-order valence-electron chi connectivity index (χ2n) is 17.1. The van der Waals surface area contributed by atoms with E-state index in [0.717, 1.165) is 62.9 Å². The molecule has 0 saturated carbocycles. The third-order valence-electron chi connectivity index (χ3n) is 13.1. The predicted molar refractivity (Wildman–Crippen MR) is 229 cm³/mol. The first kappa shape index (κ1) is 40.9. The van der Waals surface area contributed by atoms with Gasteiger partial charge in [0.15, 0.2) is 0 Å². The fourth-order valence-electron chi connectivity index (χ4n) is 9.91. The summed E-state index contributed by atoms with van der Waals surface area (Å²) in [6, 6.07) is 28.3. The number of nitrogens with zero attached hydrogens (tertiary/aromatic N) is 4. The van der Waals surface area contributed by atoms with Crippen molar-refractivity contribution in [1.29, 1.82) is 0 Å². The lowest BCUT2D eigenvalue weighted by atomic mass is 9.69. The molecule has 0 aromatic heterocycles. The van der Waals surface area contributed by atoms with E-state index in [1.165, 1.54) is 37.9 Å². The number of imide groups is 1. The maximum absolute atomic E-state index is 14.8. The van der Waals surface area contributed by atoms with Crippen molar-refractivity contribution in [3.63, 3.8) is 0 Å². The molecule has 0 atom stereocenters. The van der Waals surface area contributed by atoms with Crippen LogP contribution >= 0.6 is 0 Å². The van der Waals surface area contributed by atoms with Gasteiger partial charge in [-0.05, 0) is 99.7 Å². The van der Waals surface area contributed by atoms with Gasteiger partial charge in [-0.2, -0.15) is 0 Å². The average Bonchev–Trinajstić information content (AvgIpc) is 3.25. The molecule has 5 fully saturated rings. The Balaban J connectivity index is 0.000000573. The number of benzene rings is 3. The number of carbonyl (C=O) groups excluding carboxylic acids is 3. The minimum Gasteiger partial charge on any atom is -0.507 e. The summed E-state index contributed by atoms with van der Waals surface area (Å²) >= 11 is 0. The third-order valence-corrected chi connectivity index (χ3v) is 13.1. The molecule has 5 heterocycles. The third kappa shape index (κ3) is 9.52. The van der Waals surface area contributed by atoms with Crippen molar-refractivity contribution in [1.82, 2.24) is 20.0 Å². The number of nitrogens with one attached hydrogen (secondary N) is 1. The first-order chi connectivity index (χ1) is 28.2. The number of phenols is 1. The van der Waals surface area contributed by atoms with E-state index in [1.807, 2.05) is 18.2 Å². The minimum atomic E-state index is -0.568. The van der Waals surface area contributed by atoms with Gasteiger partial charge < -0.3 is 36.2 Å². The van der Waals surface area contributed by atoms with Crippen LogP contribution in [-0.4, -0.2) is 96.4 Å². The SMILES string of the molecule is N/C=C(\C=C(/N)c1ccccc1O)N1CCC(C(=O)N2CCCC3(CN(CCC4CCN(c5ccccc5)CC4)C3)C2)(c2ccccc2)CC1.O=C1CCCC(=O)N1. The fourth-order valence-corrected chi connectivity index (χ4v) is 9.91. The number of amides is 3. The second-order valence-corrected chi connectivity index (χ2v) is 17.1. The van der Waals surface area contributed by atoms with Gasteiger partial charge in [-0.15, -0.1) is 0 Å². The number of nitrogens with two attached hydrogens (primary N) is 2. The van der Waals surface area contributed by atoms with Gasteiger partial charge in [0, 0.05) is 93.8 Å². The molecule has 11 nitrogen and oxygen atoms in total. The summed E-state index contributed by atoms with van der Waals surface area (Å²) in [4.78, 5) is 45.1. The summed E-state index contributed by atoms with van der Waals surface area (Å²) in [6.07, 6.45) is 12.7. The minimum absolute atomic E-state index is 0.138. The molecule has 0 aliphatic carbocycles. The van der Waals surface area contributed by atoms with Gasteiger partial charge in [-0.3, -0.25) is 19.7 Å². The Hall–Kier alpha value is -5.29. The zero-order valence-corrected chi connectivity index (χ0v) is 33.9. The van der Waals surface area contributed by atoms with Crippen molar-refractivity contribution in [3.8, 4) is 5.75 Å². The zero-order valence-electron chi connectivity index (χ0n) is 33.9. The molecule has 58 heavy (non-hydrogen) atoms. The van der Waals surface area contributed by atoms with Gasteiger partial charge in [0.25, 0.3) is 0 Å². The summed E-state index contributed by atoms with van der Waals surface area (Å²) in [5.74, 6) is 0.953. The number of aromatic hydroxyl groups is 1. The number of likely N-dealkylation sites (tertiary alicyclic amines) is 3. The number of hydrogen-bond donors (Lipinski definition) is 4. The van der Waals surface area contributed by atoms with E-state index in [0.29, 0.717) is 56.5 Å². The van der Waals surface area contributed by atoms with Crippen molar-refractivity contribution in [2.24, 2.45) is 22.8 Å². The lowest BCUT2D eigenvalue weighted by Gasteiger charge is -2.56.